The Labute approximate surface area is 193 Å². The molecule has 1 atom stereocenters. The first kappa shape index (κ1) is 24.8. The van der Waals surface area contributed by atoms with Crippen LogP contribution in [0.25, 0.3) is 0 Å². The molecule has 33 heavy (non-hydrogen) atoms. The Morgan fingerprint density at radius 2 is 1.79 bits per heavy atom. The van der Waals surface area contributed by atoms with Gasteiger partial charge in [-0.1, -0.05) is 25.3 Å². The number of carbonyl (C=O) groups is 3. The molecular weight excluding hydrogens is 457 g/mol. The van der Waals surface area contributed by atoms with Crippen molar-refractivity contribution in [2.45, 2.75) is 57.3 Å². The summed E-state index contributed by atoms with van der Waals surface area (Å²) in [5.74, 6) is -3.47. The summed E-state index contributed by atoms with van der Waals surface area (Å²) in [7, 11) is 0. The molecule has 3 rings (SSSR count). The Kier molecular flexibility index (Phi) is 8.12. The number of anilines is 1. The SMILES string of the molecule is CCOC(=O)c1ccc(N(C(=O)C(F)(F)F)[C@@H](C(=O)NC2CCCCC2)c2cccs2)cc1. The first-order chi connectivity index (χ1) is 15.7. The van der Waals surface area contributed by atoms with Crippen LogP contribution < -0.4 is 10.2 Å². The fourth-order valence-electron chi connectivity index (χ4n) is 3.84. The van der Waals surface area contributed by atoms with E-state index in [9.17, 15) is 27.6 Å². The van der Waals surface area contributed by atoms with Crippen LogP contribution in [-0.4, -0.2) is 36.6 Å². The molecule has 1 N–H and O–H groups in total. The number of alkyl halides is 3. The largest absolute Gasteiger partial charge is 0.471 e. The summed E-state index contributed by atoms with van der Waals surface area (Å²) < 4.78 is 45.8. The number of halogens is 3. The molecule has 1 aromatic heterocycles. The molecule has 0 radical (unpaired) electrons. The van der Waals surface area contributed by atoms with Gasteiger partial charge in [0.05, 0.1) is 12.2 Å². The van der Waals surface area contributed by atoms with E-state index in [1.165, 1.54) is 30.3 Å². The summed E-state index contributed by atoms with van der Waals surface area (Å²) in [5, 5.41) is 4.48. The molecule has 1 aliphatic carbocycles. The molecule has 0 aliphatic heterocycles. The maximum atomic E-state index is 13.6. The summed E-state index contributed by atoms with van der Waals surface area (Å²) in [6, 6.07) is 6.45. The minimum Gasteiger partial charge on any atom is -0.462 e. The molecule has 0 unspecified atom stereocenters. The molecule has 178 valence electrons. The van der Waals surface area contributed by atoms with Crippen LogP contribution in [-0.2, 0) is 14.3 Å². The van der Waals surface area contributed by atoms with E-state index in [-0.39, 0.29) is 23.9 Å². The molecule has 10 heteroatoms. The normalized spacial score (nSPS) is 15.5. The first-order valence-corrected chi connectivity index (χ1v) is 11.6. The maximum Gasteiger partial charge on any atom is 0.471 e. The zero-order valence-corrected chi connectivity index (χ0v) is 18.9. The lowest BCUT2D eigenvalue weighted by atomic mass is 9.95. The maximum absolute atomic E-state index is 13.6. The molecule has 1 saturated carbocycles. The Morgan fingerprint density at radius 1 is 1.12 bits per heavy atom. The number of nitrogens with zero attached hydrogens (tertiary/aromatic N) is 1. The molecule has 0 bridgehead atoms. The second-order valence-electron chi connectivity index (χ2n) is 7.70. The number of ether oxygens (including phenoxy) is 1. The van der Waals surface area contributed by atoms with Crippen LogP contribution in [0.3, 0.4) is 0 Å². The number of benzene rings is 1. The van der Waals surface area contributed by atoms with E-state index < -0.39 is 30.0 Å². The van der Waals surface area contributed by atoms with Gasteiger partial charge >= 0.3 is 18.1 Å². The average molecular weight is 483 g/mol. The van der Waals surface area contributed by atoms with Crippen molar-refractivity contribution in [1.82, 2.24) is 5.32 Å². The van der Waals surface area contributed by atoms with Crippen LogP contribution >= 0.6 is 11.3 Å². The number of amides is 2. The van der Waals surface area contributed by atoms with Crippen molar-refractivity contribution in [3.8, 4) is 0 Å². The fraction of sp³-hybridized carbons (Fsp3) is 0.435. The molecule has 0 saturated heterocycles. The van der Waals surface area contributed by atoms with Crippen LogP contribution in [0.15, 0.2) is 41.8 Å². The van der Waals surface area contributed by atoms with Crippen molar-refractivity contribution in [2.75, 3.05) is 11.5 Å². The number of esters is 1. The van der Waals surface area contributed by atoms with Crippen molar-refractivity contribution in [1.29, 1.82) is 0 Å². The quantitative estimate of drug-likeness (QED) is 0.563. The van der Waals surface area contributed by atoms with Gasteiger partial charge in [0.2, 0.25) is 5.91 Å². The summed E-state index contributed by atoms with van der Waals surface area (Å²) >= 11 is 1.09. The van der Waals surface area contributed by atoms with Gasteiger partial charge in [0.25, 0.3) is 0 Å². The van der Waals surface area contributed by atoms with E-state index in [1.807, 2.05) is 0 Å². The van der Waals surface area contributed by atoms with Crippen LogP contribution in [0.1, 0.15) is 60.3 Å². The predicted octanol–water partition coefficient (Wildman–Crippen LogP) is 5.01. The van der Waals surface area contributed by atoms with E-state index in [1.54, 1.807) is 18.4 Å². The number of hydrogen-bond donors (Lipinski definition) is 1. The highest BCUT2D eigenvalue weighted by Crippen LogP contribution is 2.35. The lowest BCUT2D eigenvalue weighted by Gasteiger charge is -2.33. The van der Waals surface area contributed by atoms with E-state index in [0.717, 1.165) is 43.4 Å². The van der Waals surface area contributed by atoms with Gasteiger partial charge in [0.15, 0.2) is 6.04 Å². The summed E-state index contributed by atoms with van der Waals surface area (Å²) in [4.78, 5) is 38.5. The smallest absolute Gasteiger partial charge is 0.462 e. The van der Waals surface area contributed by atoms with Crippen LogP contribution in [0.4, 0.5) is 18.9 Å². The van der Waals surface area contributed by atoms with Crippen molar-refractivity contribution in [2.24, 2.45) is 0 Å². The average Bonchev–Trinajstić information content (AvgIpc) is 3.31. The standard InChI is InChI=1S/C23H25F3N2O4S/c1-2-32-21(30)15-10-12-17(13-11-15)28(22(31)23(24,25)26)19(18-9-6-14-33-18)20(29)27-16-7-4-3-5-8-16/h6,9-14,16,19H,2-5,7-8H2,1H3,(H,27,29)/t19-/m1/s1. The third kappa shape index (κ3) is 6.13. The molecule has 0 spiro atoms. The van der Waals surface area contributed by atoms with Crippen LogP contribution in [0.5, 0.6) is 0 Å². The number of carbonyl (C=O) groups excluding carboxylic acids is 3. The van der Waals surface area contributed by atoms with Crippen molar-refractivity contribution >= 4 is 34.8 Å². The molecule has 1 heterocycles. The number of rotatable bonds is 7. The van der Waals surface area contributed by atoms with Crippen LogP contribution in [0, 0.1) is 0 Å². The van der Waals surface area contributed by atoms with Crippen molar-refractivity contribution in [3.05, 3.63) is 52.2 Å². The monoisotopic (exact) mass is 482 g/mol. The minimum absolute atomic E-state index is 0.124. The number of hydrogen-bond acceptors (Lipinski definition) is 5. The topological polar surface area (TPSA) is 75.7 Å². The summed E-state index contributed by atoms with van der Waals surface area (Å²) in [6.07, 6.45) is -0.828. The fourth-order valence-corrected chi connectivity index (χ4v) is 4.65. The Bertz CT molecular complexity index is 955. The minimum atomic E-state index is -5.21. The van der Waals surface area contributed by atoms with Crippen LogP contribution in [0.2, 0.25) is 0 Å². The predicted molar refractivity (Wildman–Crippen MR) is 118 cm³/mol. The third-order valence-electron chi connectivity index (χ3n) is 5.39. The second kappa shape index (κ2) is 10.8. The number of thiophene rings is 1. The van der Waals surface area contributed by atoms with E-state index in [0.29, 0.717) is 9.78 Å². The van der Waals surface area contributed by atoms with Gasteiger partial charge in [-0.15, -0.1) is 11.3 Å². The molecule has 1 fully saturated rings. The van der Waals surface area contributed by atoms with Gasteiger partial charge in [-0.2, -0.15) is 13.2 Å². The highest BCUT2D eigenvalue weighted by molar-refractivity contribution is 7.10. The second-order valence-corrected chi connectivity index (χ2v) is 8.68. The van der Waals surface area contributed by atoms with Gasteiger partial charge < -0.3 is 10.1 Å². The lowest BCUT2D eigenvalue weighted by Crippen LogP contribution is -2.50. The van der Waals surface area contributed by atoms with Crippen molar-refractivity contribution in [3.63, 3.8) is 0 Å². The van der Waals surface area contributed by atoms with Gasteiger partial charge in [-0.3, -0.25) is 14.5 Å². The molecule has 1 aromatic carbocycles. The lowest BCUT2D eigenvalue weighted by molar-refractivity contribution is -0.171. The summed E-state index contributed by atoms with van der Waals surface area (Å²) in [6.45, 7) is 1.77. The van der Waals surface area contributed by atoms with Gasteiger partial charge in [-0.25, -0.2) is 4.79 Å². The van der Waals surface area contributed by atoms with Gasteiger partial charge in [0, 0.05) is 16.6 Å². The molecule has 6 nitrogen and oxygen atoms in total. The third-order valence-corrected chi connectivity index (χ3v) is 6.31. The number of nitrogens with one attached hydrogen (secondary N) is 1. The Hall–Kier alpha value is -2.88. The van der Waals surface area contributed by atoms with E-state index >= 15 is 0 Å². The van der Waals surface area contributed by atoms with E-state index in [4.69, 9.17) is 4.74 Å². The Balaban J connectivity index is 2.00. The van der Waals surface area contributed by atoms with E-state index in [2.05, 4.69) is 5.32 Å². The highest BCUT2D eigenvalue weighted by atomic mass is 32.1. The Morgan fingerprint density at radius 3 is 2.33 bits per heavy atom. The van der Waals surface area contributed by atoms with Gasteiger partial charge in [0.1, 0.15) is 0 Å². The molecule has 1 aliphatic rings. The zero-order chi connectivity index (χ0) is 24.0. The van der Waals surface area contributed by atoms with Gasteiger partial charge in [-0.05, 0) is 55.5 Å². The zero-order valence-electron chi connectivity index (χ0n) is 18.1. The molecular formula is C23H25F3N2O4S. The summed E-state index contributed by atoms with van der Waals surface area (Å²) in [5.41, 5.74) is -0.0260. The molecule has 2 aromatic rings. The highest BCUT2D eigenvalue weighted by Gasteiger charge is 2.48. The molecule has 2 amide bonds. The van der Waals surface area contributed by atoms with Crippen molar-refractivity contribution < 1.29 is 32.3 Å². The first-order valence-electron chi connectivity index (χ1n) is 10.7.